The van der Waals surface area contributed by atoms with Crippen LogP contribution < -0.4 is 10.3 Å². The fraction of sp³-hybridized carbons (Fsp3) is 0.333. The molecule has 1 aliphatic heterocycles. The Hall–Kier alpha value is -2.08. The maximum atomic E-state index is 13.2. The molecule has 0 aliphatic carbocycles. The van der Waals surface area contributed by atoms with Crippen LogP contribution in [0.25, 0.3) is 10.9 Å². The third-order valence-electron chi connectivity index (χ3n) is 5.40. The van der Waals surface area contributed by atoms with Gasteiger partial charge in [0.25, 0.3) is 11.5 Å². The monoisotopic (exact) mass is 668 g/mol. The average molecular weight is 671 g/mol. The van der Waals surface area contributed by atoms with E-state index in [-0.39, 0.29) is 18.1 Å². The van der Waals surface area contributed by atoms with Gasteiger partial charge in [0, 0.05) is 24.0 Å². The van der Waals surface area contributed by atoms with Gasteiger partial charge in [0.15, 0.2) is 6.61 Å². The zero-order chi connectivity index (χ0) is 24.9. The highest BCUT2D eigenvalue weighted by molar-refractivity contribution is 9.11. The molecule has 0 bridgehead atoms. The smallest absolute Gasteiger partial charge is 0.282 e. The van der Waals surface area contributed by atoms with Gasteiger partial charge in [-0.2, -0.15) is 9.78 Å². The number of rotatable bonds is 7. The topological polar surface area (TPSA) is 86.0 Å². The van der Waals surface area contributed by atoms with Crippen LogP contribution in [0, 0.1) is 0 Å². The third kappa shape index (κ3) is 6.19. The summed E-state index contributed by atoms with van der Waals surface area (Å²) in [4.78, 5) is 32.0. The number of hydrogen-bond donors (Lipinski definition) is 0. The number of benzene rings is 2. The molecule has 4 rings (SSSR count). The van der Waals surface area contributed by atoms with Crippen molar-refractivity contribution < 1.29 is 14.3 Å². The Bertz CT molecular complexity index is 1310. The Kier molecular flexibility index (Phi) is 8.74. The number of carbonyl (C=O) groups is 1. The van der Waals surface area contributed by atoms with Gasteiger partial charge in [-0.05, 0) is 74.2 Å². The molecule has 0 radical (unpaired) electrons. The first-order valence-corrected chi connectivity index (χ1v) is 13.5. The molecule has 1 fully saturated rings. The highest BCUT2D eigenvalue weighted by Crippen LogP contribution is 2.34. The van der Waals surface area contributed by atoms with Gasteiger partial charge in [0.05, 0.1) is 39.3 Å². The third-order valence-corrected chi connectivity index (χ3v) is 7.07. The lowest BCUT2D eigenvalue weighted by atomic mass is 10.2. The molecule has 0 spiro atoms. The van der Waals surface area contributed by atoms with Crippen molar-refractivity contribution in [2.45, 2.75) is 19.8 Å². The number of hydrogen-bond acceptors (Lipinski definition) is 6. The molecule has 8 nitrogen and oxygen atoms in total. The minimum atomic E-state index is -0.226. The van der Waals surface area contributed by atoms with E-state index in [9.17, 15) is 9.59 Å². The standard InChI is InChI=1S/C24H23Br3N4O4/c1-2-3-21-29-20-5-4-16(25)12-17(20)24(33)31(21)28-13-15-10-18(26)23(19(27)11-15)35-14-22(32)30-6-8-34-9-7-30/h4-5,10-13H,2-3,6-9,14H2,1H3. The van der Waals surface area contributed by atoms with Gasteiger partial charge in [0.1, 0.15) is 11.6 Å². The van der Waals surface area contributed by atoms with Crippen LogP contribution in [-0.2, 0) is 16.0 Å². The van der Waals surface area contributed by atoms with E-state index in [4.69, 9.17) is 9.47 Å². The van der Waals surface area contributed by atoms with Crippen LogP contribution in [0.15, 0.2) is 53.6 Å². The number of nitrogens with zero attached hydrogens (tertiary/aromatic N) is 4. The number of aryl methyl sites for hydroxylation is 1. The van der Waals surface area contributed by atoms with E-state index < -0.39 is 0 Å². The lowest BCUT2D eigenvalue weighted by molar-refractivity contribution is -0.137. The van der Waals surface area contributed by atoms with Crippen molar-refractivity contribution in [2.75, 3.05) is 32.9 Å². The Labute approximate surface area is 227 Å². The Morgan fingerprint density at radius 3 is 2.57 bits per heavy atom. The Morgan fingerprint density at radius 2 is 1.89 bits per heavy atom. The van der Waals surface area contributed by atoms with Crippen molar-refractivity contribution >= 4 is 70.8 Å². The minimum absolute atomic E-state index is 0.0707. The number of amides is 1. The van der Waals surface area contributed by atoms with E-state index in [1.54, 1.807) is 17.2 Å². The molecule has 35 heavy (non-hydrogen) atoms. The molecule has 11 heteroatoms. The molecule has 2 heterocycles. The van der Waals surface area contributed by atoms with Crippen molar-refractivity contribution in [3.05, 3.63) is 65.5 Å². The summed E-state index contributed by atoms with van der Waals surface area (Å²) in [6.45, 7) is 4.18. The summed E-state index contributed by atoms with van der Waals surface area (Å²) in [5, 5.41) is 4.96. The molecule has 0 saturated carbocycles. The summed E-state index contributed by atoms with van der Waals surface area (Å²) in [6, 6.07) is 9.08. The number of aromatic nitrogens is 2. The molecule has 2 aromatic carbocycles. The number of fused-ring (bicyclic) bond motifs is 1. The summed E-state index contributed by atoms with van der Waals surface area (Å²) >= 11 is 10.5. The minimum Gasteiger partial charge on any atom is -0.481 e. The highest BCUT2D eigenvalue weighted by atomic mass is 79.9. The van der Waals surface area contributed by atoms with E-state index >= 15 is 0 Å². The molecule has 184 valence electrons. The normalized spacial score (nSPS) is 14.1. The van der Waals surface area contributed by atoms with Crippen molar-refractivity contribution in [2.24, 2.45) is 5.10 Å². The lowest BCUT2D eigenvalue weighted by Crippen LogP contribution is -2.43. The Balaban J connectivity index is 1.57. The largest absolute Gasteiger partial charge is 0.481 e. The SMILES string of the molecule is CCCc1nc2ccc(Br)cc2c(=O)n1N=Cc1cc(Br)c(OCC(=O)N2CCOCC2)c(Br)c1. The second-order valence-electron chi connectivity index (χ2n) is 7.90. The van der Waals surface area contributed by atoms with E-state index in [1.165, 1.54) is 4.68 Å². The second-order valence-corrected chi connectivity index (χ2v) is 10.5. The molecule has 0 atom stereocenters. The molecule has 0 N–H and O–H groups in total. The predicted octanol–water partition coefficient (Wildman–Crippen LogP) is 4.76. The molecular weight excluding hydrogens is 648 g/mol. The fourth-order valence-electron chi connectivity index (χ4n) is 3.65. The first-order valence-electron chi connectivity index (χ1n) is 11.1. The van der Waals surface area contributed by atoms with Gasteiger partial charge in [-0.1, -0.05) is 22.9 Å². The van der Waals surface area contributed by atoms with Gasteiger partial charge < -0.3 is 14.4 Å². The van der Waals surface area contributed by atoms with Crippen molar-refractivity contribution in [1.29, 1.82) is 0 Å². The van der Waals surface area contributed by atoms with E-state index in [0.29, 0.717) is 64.1 Å². The number of halogens is 3. The van der Waals surface area contributed by atoms with Crippen LogP contribution >= 0.6 is 47.8 Å². The van der Waals surface area contributed by atoms with Crippen LogP contribution in [0.4, 0.5) is 0 Å². The number of carbonyl (C=O) groups excluding carboxylic acids is 1. The molecular formula is C24H23Br3N4O4. The van der Waals surface area contributed by atoms with E-state index in [0.717, 1.165) is 16.5 Å². The van der Waals surface area contributed by atoms with Gasteiger partial charge in [0.2, 0.25) is 0 Å². The number of ether oxygens (including phenoxy) is 2. The van der Waals surface area contributed by atoms with Crippen LogP contribution in [0.5, 0.6) is 5.75 Å². The van der Waals surface area contributed by atoms with Crippen LogP contribution in [-0.4, -0.2) is 59.6 Å². The van der Waals surface area contributed by atoms with E-state index in [1.807, 2.05) is 31.2 Å². The van der Waals surface area contributed by atoms with Gasteiger partial charge >= 0.3 is 0 Å². The van der Waals surface area contributed by atoms with Crippen molar-refractivity contribution in [1.82, 2.24) is 14.6 Å². The maximum absolute atomic E-state index is 13.2. The summed E-state index contributed by atoms with van der Waals surface area (Å²) < 4.78 is 14.5. The zero-order valence-corrected chi connectivity index (χ0v) is 23.7. The lowest BCUT2D eigenvalue weighted by Gasteiger charge is -2.26. The highest BCUT2D eigenvalue weighted by Gasteiger charge is 2.19. The van der Waals surface area contributed by atoms with Crippen LogP contribution in [0.3, 0.4) is 0 Å². The second kappa shape index (κ2) is 11.8. The summed E-state index contributed by atoms with van der Waals surface area (Å²) in [5.41, 5.74) is 1.15. The van der Waals surface area contributed by atoms with Crippen LogP contribution in [0.1, 0.15) is 24.7 Å². The van der Waals surface area contributed by atoms with Gasteiger partial charge in [-0.25, -0.2) is 4.98 Å². The molecule has 3 aromatic rings. The molecule has 1 aliphatic rings. The quantitative estimate of drug-likeness (QED) is 0.339. The van der Waals surface area contributed by atoms with Gasteiger partial charge in [-0.15, -0.1) is 0 Å². The van der Waals surface area contributed by atoms with Crippen molar-refractivity contribution in [3.8, 4) is 5.75 Å². The van der Waals surface area contributed by atoms with Crippen LogP contribution in [0.2, 0.25) is 0 Å². The summed E-state index contributed by atoms with van der Waals surface area (Å²) in [7, 11) is 0. The van der Waals surface area contributed by atoms with Gasteiger partial charge in [-0.3, -0.25) is 9.59 Å². The summed E-state index contributed by atoms with van der Waals surface area (Å²) in [6.07, 6.45) is 3.05. The number of morpholine rings is 1. The first kappa shape index (κ1) is 26.0. The molecule has 1 aromatic heterocycles. The van der Waals surface area contributed by atoms with E-state index in [2.05, 4.69) is 57.9 Å². The molecule has 0 unspecified atom stereocenters. The fourth-order valence-corrected chi connectivity index (χ4v) is 5.47. The van der Waals surface area contributed by atoms with Crippen molar-refractivity contribution in [3.63, 3.8) is 0 Å². The summed E-state index contributed by atoms with van der Waals surface area (Å²) in [5.74, 6) is 1.03. The molecule has 1 saturated heterocycles. The zero-order valence-electron chi connectivity index (χ0n) is 19.0. The Morgan fingerprint density at radius 1 is 1.17 bits per heavy atom. The first-order chi connectivity index (χ1) is 16.9. The molecule has 1 amide bonds. The average Bonchev–Trinajstić information content (AvgIpc) is 2.84. The predicted molar refractivity (Wildman–Crippen MR) is 145 cm³/mol. The maximum Gasteiger partial charge on any atom is 0.282 e.